The number of carbonyl (C=O) groups is 1. The number of benzene rings is 1. The summed E-state index contributed by atoms with van der Waals surface area (Å²) < 4.78 is 5.25. The first-order valence-corrected chi connectivity index (χ1v) is 11.0. The van der Waals surface area contributed by atoms with Crippen LogP contribution in [0.1, 0.15) is 37.7 Å². The second-order valence-corrected chi connectivity index (χ2v) is 8.98. The van der Waals surface area contributed by atoms with Crippen LogP contribution in [0.3, 0.4) is 0 Å². The Balaban J connectivity index is 1.82. The van der Waals surface area contributed by atoms with Crippen LogP contribution >= 0.6 is 0 Å². The van der Waals surface area contributed by atoms with Gasteiger partial charge in [0, 0.05) is 44.9 Å². The van der Waals surface area contributed by atoms with Crippen molar-refractivity contribution < 1.29 is 14.6 Å². The summed E-state index contributed by atoms with van der Waals surface area (Å²) in [7, 11) is 7.69. The molecule has 30 heavy (non-hydrogen) atoms. The Hall–Kier alpha value is -1.51. The molecule has 1 aromatic carbocycles. The number of aliphatic hydroxyl groups excluding tert-OH is 1. The zero-order valence-electron chi connectivity index (χ0n) is 18.9. The summed E-state index contributed by atoms with van der Waals surface area (Å²) in [6.07, 6.45) is 4.13. The Bertz CT molecular complexity index is 689. The van der Waals surface area contributed by atoms with E-state index < -0.39 is 6.35 Å². The summed E-state index contributed by atoms with van der Waals surface area (Å²) in [5, 5.41) is 13.8. The molecule has 1 spiro atoms. The molecule has 0 radical (unpaired) electrons. The van der Waals surface area contributed by atoms with Crippen molar-refractivity contribution in [3.05, 3.63) is 35.9 Å². The van der Waals surface area contributed by atoms with Crippen LogP contribution in [0, 0.1) is 0 Å². The van der Waals surface area contributed by atoms with E-state index in [0.29, 0.717) is 13.2 Å². The number of nitrogens with one attached hydrogen (secondary N) is 1. The van der Waals surface area contributed by atoms with E-state index in [4.69, 9.17) is 4.74 Å². The maximum Gasteiger partial charge on any atom is 0.234 e. The second kappa shape index (κ2) is 9.75. The first-order valence-electron chi connectivity index (χ1n) is 11.0. The van der Waals surface area contributed by atoms with Crippen LogP contribution in [0.4, 0.5) is 0 Å². The molecule has 0 aromatic heterocycles. The molecule has 2 N–H and O–H groups in total. The lowest BCUT2D eigenvalue weighted by Crippen LogP contribution is -2.56. The van der Waals surface area contributed by atoms with Gasteiger partial charge in [-0.25, -0.2) is 0 Å². The maximum absolute atomic E-state index is 12.0. The Labute approximate surface area is 181 Å². The number of aliphatic hydroxyl groups is 1. The highest BCUT2D eigenvalue weighted by atomic mass is 16.5. The van der Waals surface area contributed by atoms with Crippen molar-refractivity contribution in [1.29, 1.82) is 0 Å². The number of ether oxygens (including phenoxy) is 1. The van der Waals surface area contributed by atoms with Gasteiger partial charge in [0.15, 0.2) is 6.35 Å². The zero-order valence-corrected chi connectivity index (χ0v) is 18.9. The van der Waals surface area contributed by atoms with E-state index in [-0.39, 0.29) is 23.5 Å². The minimum Gasteiger partial charge on any atom is -0.385 e. The molecule has 1 saturated heterocycles. The molecule has 1 atom stereocenters. The molecular formula is C23H38N4O3. The quantitative estimate of drug-likeness (QED) is 0.623. The summed E-state index contributed by atoms with van der Waals surface area (Å²) in [5.41, 5.74) is 1.25. The zero-order chi connectivity index (χ0) is 21.8. The summed E-state index contributed by atoms with van der Waals surface area (Å²) >= 11 is 0. The van der Waals surface area contributed by atoms with E-state index in [2.05, 4.69) is 59.5 Å². The van der Waals surface area contributed by atoms with Crippen LogP contribution < -0.4 is 5.32 Å². The SMILES string of the molecule is CNC(=O)CN1CC2(CCC(c3ccccc3)(N(C)C)CC2)N(CCCOC)C1O. The average molecular weight is 419 g/mol. The van der Waals surface area contributed by atoms with Gasteiger partial charge in [-0.05, 0) is 51.8 Å². The van der Waals surface area contributed by atoms with Crippen LogP contribution in [-0.4, -0.2) is 92.1 Å². The normalized spacial score (nSPS) is 30.3. The first-order chi connectivity index (χ1) is 14.4. The van der Waals surface area contributed by atoms with E-state index in [0.717, 1.165) is 38.6 Å². The van der Waals surface area contributed by atoms with Crippen molar-refractivity contribution in [3.8, 4) is 0 Å². The summed E-state index contributed by atoms with van der Waals surface area (Å²) in [4.78, 5) is 18.5. The minimum absolute atomic E-state index is 0.00384. The van der Waals surface area contributed by atoms with Gasteiger partial charge in [-0.2, -0.15) is 0 Å². The molecule has 3 rings (SSSR count). The minimum atomic E-state index is -0.734. The molecule has 1 aromatic rings. The van der Waals surface area contributed by atoms with Gasteiger partial charge in [0.2, 0.25) is 5.91 Å². The van der Waals surface area contributed by atoms with Crippen LogP contribution in [0.5, 0.6) is 0 Å². The van der Waals surface area contributed by atoms with Gasteiger partial charge < -0.3 is 15.2 Å². The number of amides is 1. The lowest BCUT2D eigenvalue weighted by molar-refractivity contribution is -0.128. The molecule has 2 aliphatic rings. The molecule has 1 aliphatic carbocycles. The van der Waals surface area contributed by atoms with Gasteiger partial charge >= 0.3 is 0 Å². The number of carbonyl (C=O) groups excluding carboxylic acids is 1. The molecule has 168 valence electrons. The van der Waals surface area contributed by atoms with Gasteiger partial charge in [-0.3, -0.25) is 19.5 Å². The first kappa shape index (κ1) is 23.2. The number of methoxy groups -OCH3 is 1. The maximum atomic E-state index is 12.0. The van der Waals surface area contributed by atoms with Gasteiger partial charge in [-0.1, -0.05) is 30.3 Å². The Morgan fingerprint density at radius 1 is 1.23 bits per heavy atom. The van der Waals surface area contributed by atoms with E-state index in [9.17, 15) is 9.90 Å². The van der Waals surface area contributed by atoms with Crippen molar-refractivity contribution in [3.63, 3.8) is 0 Å². The van der Waals surface area contributed by atoms with Gasteiger partial charge in [0.25, 0.3) is 0 Å². The number of hydrogen-bond donors (Lipinski definition) is 2. The molecule has 1 amide bonds. The van der Waals surface area contributed by atoms with Crippen LogP contribution in [0.2, 0.25) is 0 Å². The summed E-state index contributed by atoms with van der Waals surface area (Å²) in [6.45, 7) is 2.37. The third-order valence-electron chi connectivity index (χ3n) is 7.26. The predicted molar refractivity (Wildman–Crippen MR) is 118 cm³/mol. The fraction of sp³-hybridized carbons (Fsp3) is 0.696. The highest BCUT2D eigenvalue weighted by Crippen LogP contribution is 2.49. The monoisotopic (exact) mass is 418 g/mol. The molecule has 7 nitrogen and oxygen atoms in total. The topological polar surface area (TPSA) is 68.3 Å². The highest BCUT2D eigenvalue weighted by molar-refractivity contribution is 5.77. The second-order valence-electron chi connectivity index (χ2n) is 8.98. The Kier molecular flexibility index (Phi) is 7.52. The van der Waals surface area contributed by atoms with Crippen LogP contribution in [-0.2, 0) is 15.1 Å². The number of rotatable bonds is 8. The molecule has 2 fully saturated rings. The van der Waals surface area contributed by atoms with Gasteiger partial charge in [0.1, 0.15) is 0 Å². The standard InChI is InChI=1S/C23H38N4O3/c1-24-20(28)17-26-18-22(27(21(26)29)15-8-16-30-4)11-13-23(14-12-22,25(2)3)19-9-6-5-7-10-19/h5-7,9-10,21,29H,8,11-18H2,1-4H3,(H,24,28). The molecular weight excluding hydrogens is 380 g/mol. The van der Waals surface area contributed by atoms with Gasteiger partial charge in [0.05, 0.1) is 6.54 Å². The van der Waals surface area contributed by atoms with Crippen LogP contribution in [0.15, 0.2) is 30.3 Å². The third-order valence-corrected chi connectivity index (χ3v) is 7.26. The fourth-order valence-electron chi connectivity index (χ4n) is 5.44. The molecule has 0 bridgehead atoms. The Morgan fingerprint density at radius 3 is 2.47 bits per heavy atom. The summed E-state index contributed by atoms with van der Waals surface area (Å²) in [5.74, 6) is -0.0642. The third kappa shape index (κ3) is 4.41. The number of likely N-dealkylation sites (N-methyl/N-ethyl adjacent to an activating group) is 1. The largest absolute Gasteiger partial charge is 0.385 e. The van der Waals surface area contributed by atoms with E-state index >= 15 is 0 Å². The van der Waals surface area contributed by atoms with Crippen molar-refractivity contribution in [2.75, 3.05) is 54.5 Å². The molecule has 1 unspecified atom stereocenters. The van der Waals surface area contributed by atoms with E-state index in [1.54, 1.807) is 14.2 Å². The van der Waals surface area contributed by atoms with Crippen LogP contribution in [0.25, 0.3) is 0 Å². The highest BCUT2D eigenvalue weighted by Gasteiger charge is 2.54. The average Bonchev–Trinajstić information content (AvgIpc) is 3.00. The number of hydrogen-bond acceptors (Lipinski definition) is 6. The van der Waals surface area contributed by atoms with Gasteiger partial charge in [-0.15, -0.1) is 0 Å². The molecule has 7 heteroatoms. The Morgan fingerprint density at radius 2 is 1.90 bits per heavy atom. The lowest BCUT2D eigenvalue weighted by atomic mass is 9.68. The predicted octanol–water partition coefficient (Wildman–Crippen LogP) is 1.43. The van der Waals surface area contributed by atoms with Crippen molar-refractivity contribution >= 4 is 5.91 Å². The molecule has 1 heterocycles. The smallest absolute Gasteiger partial charge is 0.234 e. The number of nitrogens with zero attached hydrogens (tertiary/aromatic N) is 3. The lowest BCUT2D eigenvalue weighted by Gasteiger charge is -2.51. The van der Waals surface area contributed by atoms with Crippen molar-refractivity contribution in [2.45, 2.75) is 49.5 Å². The molecule has 1 aliphatic heterocycles. The van der Waals surface area contributed by atoms with Crippen molar-refractivity contribution in [1.82, 2.24) is 20.0 Å². The molecule has 1 saturated carbocycles. The fourth-order valence-corrected chi connectivity index (χ4v) is 5.44. The van der Waals surface area contributed by atoms with Crippen molar-refractivity contribution in [2.24, 2.45) is 0 Å². The van der Waals surface area contributed by atoms with E-state index in [1.165, 1.54) is 5.56 Å². The summed E-state index contributed by atoms with van der Waals surface area (Å²) in [6, 6.07) is 10.8. The van der Waals surface area contributed by atoms with E-state index in [1.807, 2.05) is 4.90 Å².